The lowest BCUT2D eigenvalue weighted by molar-refractivity contribution is -0.141. The summed E-state index contributed by atoms with van der Waals surface area (Å²) in [5, 5.41) is 5.30. The number of carbonyl (C=O) groups excluding carboxylic acids is 5. The molecule has 0 unspecified atom stereocenters. The van der Waals surface area contributed by atoms with Crippen molar-refractivity contribution in [3.63, 3.8) is 0 Å². The molecular weight excluding hydrogens is 709 g/mol. The van der Waals surface area contributed by atoms with Gasteiger partial charge in [-0.2, -0.15) is 0 Å². The van der Waals surface area contributed by atoms with Gasteiger partial charge in [-0.3, -0.25) is 24.0 Å². The molecule has 2 aliphatic heterocycles. The normalized spacial score (nSPS) is 23.5. The number of likely N-dealkylation sites (tertiary alicyclic amines) is 1. The van der Waals surface area contributed by atoms with Gasteiger partial charge >= 0.3 is 12.1 Å². The molecule has 284 valence electrons. The first-order chi connectivity index (χ1) is 25.0. The maximum atomic E-state index is 14.6. The van der Waals surface area contributed by atoms with Crippen molar-refractivity contribution in [2.75, 3.05) is 19.0 Å². The zero-order chi connectivity index (χ0) is 38.5. The minimum absolute atomic E-state index is 0.00156. The molecule has 3 fully saturated rings. The van der Waals surface area contributed by atoms with E-state index < -0.39 is 80.0 Å². The first-order valence-electron chi connectivity index (χ1n) is 17.5. The molecule has 2 heterocycles. The lowest BCUT2D eigenvalue weighted by Gasteiger charge is -2.36. The molecule has 2 aromatic rings. The molecule has 14 nitrogen and oxygen atoms in total. The van der Waals surface area contributed by atoms with Crippen molar-refractivity contribution in [1.82, 2.24) is 19.8 Å². The largest absolute Gasteiger partial charge is 0.465 e. The minimum atomic E-state index is -3.92. The summed E-state index contributed by atoms with van der Waals surface area (Å²) in [6, 6.07) is 8.80. The predicted octanol–water partition coefficient (Wildman–Crippen LogP) is 3.37. The van der Waals surface area contributed by atoms with Crippen LogP contribution in [0.3, 0.4) is 0 Å². The summed E-state index contributed by atoms with van der Waals surface area (Å²) in [6.45, 7) is 7.13. The lowest BCUT2D eigenvalue weighted by atomic mass is 9.85. The average Bonchev–Trinajstić information content (AvgIpc) is 4.00. The number of allylic oxidation sites excluding steroid dienone is 1. The smallest absolute Gasteiger partial charge is 0.410 e. The number of rotatable bonds is 10. The summed E-state index contributed by atoms with van der Waals surface area (Å²) in [4.78, 5) is 70.2. The number of methoxy groups -OCH3 is 1. The van der Waals surface area contributed by atoms with Crippen molar-refractivity contribution in [2.24, 2.45) is 5.41 Å². The van der Waals surface area contributed by atoms with Gasteiger partial charge in [0.05, 0.1) is 31.0 Å². The molecule has 0 aromatic heterocycles. The highest BCUT2D eigenvalue weighted by molar-refractivity contribution is 7.91. The maximum Gasteiger partial charge on any atom is 0.410 e. The topological polar surface area (TPSA) is 181 Å². The Morgan fingerprint density at radius 2 is 1.74 bits per heavy atom. The van der Waals surface area contributed by atoms with Crippen molar-refractivity contribution in [3.8, 4) is 0 Å². The molecule has 6 rings (SSSR count). The maximum absolute atomic E-state index is 14.6. The Labute approximate surface area is 307 Å². The fourth-order valence-electron chi connectivity index (χ4n) is 6.87. The van der Waals surface area contributed by atoms with Crippen molar-refractivity contribution >= 4 is 45.5 Å². The van der Waals surface area contributed by atoms with E-state index >= 15 is 0 Å². The molecule has 0 spiro atoms. The third-order valence-electron chi connectivity index (χ3n) is 10.2. The van der Waals surface area contributed by atoms with Gasteiger partial charge in [0.25, 0.3) is 5.91 Å². The van der Waals surface area contributed by atoms with Gasteiger partial charge in [-0.15, -0.1) is 0 Å². The lowest BCUT2D eigenvalue weighted by Crippen LogP contribution is -2.58. The second-order valence-corrected chi connectivity index (χ2v) is 17.0. The number of nitrogens with zero attached hydrogens (tertiary/aromatic N) is 2. The van der Waals surface area contributed by atoms with Crippen LogP contribution in [0.25, 0.3) is 0 Å². The molecule has 53 heavy (non-hydrogen) atoms. The molecule has 0 radical (unpaired) electrons. The Kier molecular flexibility index (Phi) is 10.0. The van der Waals surface area contributed by atoms with Crippen molar-refractivity contribution in [1.29, 1.82) is 0 Å². The number of amides is 4. The summed E-state index contributed by atoms with van der Waals surface area (Å²) in [7, 11) is -2.65. The van der Waals surface area contributed by atoms with E-state index in [0.29, 0.717) is 40.8 Å². The van der Waals surface area contributed by atoms with Gasteiger partial charge in [-0.25, -0.2) is 22.4 Å². The number of esters is 1. The third kappa shape index (κ3) is 7.73. The molecular formula is C37H44FN5O9S. The predicted molar refractivity (Wildman–Crippen MR) is 190 cm³/mol. The molecule has 16 heteroatoms. The molecule has 4 atom stereocenters. The Morgan fingerprint density at radius 3 is 2.32 bits per heavy atom. The molecule has 2 aliphatic carbocycles. The molecule has 2 saturated carbocycles. The van der Waals surface area contributed by atoms with Crippen LogP contribution >= 0.6 is 0 Å². The number of sulfonamides is 1. The standard InChI is InChI=1S/C37H44FN5O9S/c1-6-23-17-37(23,34(47)41-53(49,50)26-14-15-26)40-31(44)29-16-25(52-35(48)42-18-22-8-7-9-28(38)27(22)20-42)19-43(29)32(45)30(36(2,3)4)39-24-12-10-21(11-13-24)33(46)51-5/h6-13,25-26,29-30,39H,14-20H2,1-5H3,(H,40,44)(H,41,47)/b23-6+/t25-,29+,30-,37-/m1/s1. The minimum Gasteiger partial charge on any atom is -0.465 e. The summed E-state index contributed by atoms with van der Waals surface area (Å²) in [5.74, 6) is -3.06. The first kappa shape index (κ1) is 37.8. The van der Waals surface area contributed by atoms with E-state index in [9.17, 15) is 36.8 Å². The number of anilines is 1. The molecule has 2 aromatic carbocycles. The van der Waals surface area contributed by atoms with Crippen LogP contribution in [0.15, 0.2) is 54.1 Å². The number of hydrogen-bond acceptors (Lipinski definition) is 10. The van der Waals surface area contributed by atoms with Crippen LogP contribution in [-0.4, -0.2) is 90.6 Å². The zero-order valence-electron chi connectivity index (χ0n) is 30.2. The highest BCUT2D eigenvalue weighted by Crippen LogP contribution is 2.44. The molecule has 4 aliphatic rings. The highest BCUT2D eigenvalue weighted by Gasteiger charge is 2.59. The van der Waals surface area contributed by atoms with Gasteiger partial charge in [-0.1, -0.05) is 39.0 Å². The van der Waals surface area contributed by atoms with Gasteiger partial charge in [0.1, 0.15) is 29.5 Å². The monoisotopic (exact) mass is 753 g/mol. The average molecular weight is 754 g/mol. The van der Waals surface area contributed by atoms with E-state index in [1.54, 1.807) is 49.4 Å². The fourth-order valence-corrected chi connectivity index (χ4v) is 8.23. The highest BCUT2D eigenvalue weighted by atomic mass is 32.2. The number of fused-ring (bicyclic) bond motifs is 1. The second kappa shape index (κ2) is 14.1. The van der Waals surface area contributed by atoms with E-state index in [0.717, 1.165) is 0 Å². The van der Waals surface area contributed by atoms with Crippen molar-refractivity contribution in [2.45, 2.75) is 95.4 Å². The van der Waals surface area contributed by atoms with Crippen LogP contribution in [-0.2, 0) is 47.0 Å². The van der Waals surface area contributed by atoms with Gasteiger partial charge in [0.15, 0.2) is 0 Å². The number of halogens is 1. The zero-order valence-corrected chi connectivity index (χ0v) is 31.0. The fraction of sp³-hybridized carbons (Fsp3) is 0.486. The SMILES string of the molecule is C/C=C1\C[C@]1(NC(=O)[C@@H]1C[C@@H](OC(=O)N2Cc3cccc(F)c3C2)CN1C(=O)[C@@H](Nc1ccc(C(=O)OC)cc1)C(C)(C)C)C(=O)NS(=O)(=O)C1CC1. The summed E-state index contributed by atoms with van der Waals surface area (Å²) < 4.78 is 52.5. The van der Waals surface area contributed by atoms with Crippen LogP contribution < -0.4 is 15.4 Å². The van der Waals surface area contributed by atoms with E-state index in [1.807, 2.05) is 20.8 Å². The van der Waals surface area contributed by atoms with Crippen LogP contribution in [0, 0.1) is 11.2 Å². The first-order valence-corrected chi connectivity index (χ1v) is 19.0. The Bertz CT molecular complexity index is 1980. The molecule has 3 N–H and O–H groups in total. The molecule has 0 bridgehead atoms. The molecule has 4 amide bonds. The number of nitrogens with one attached hydrogen (secondary N) is 3. The van der Waals surface area contributed by atoms with Crippen molar-refractivity contribution < 1.29 is 46.3 Å². The summed E-state index contributed by atoms with van der Waals surface area (Å²) in [6.07, 6.45) is 0.787. The number of ether oxygens (including phenoxy) is 2. The Balaban J connectivity index is 1.25. The number of hydrogen-bond donors (Lipinski definition) is 3. The van der Waals surface area contributed by atoms with E-state index in [2.05, 4.69) is 15.4 Å². The van der Waals surface area contributed by atoms with Gasteiger partial charge in [0.2, 0.25) is 21.8 Å². The van der Waals surface area contributed by atoms with Gasteiger partial charge in [-0.05, 0) is 66.6 Å². The Morgan fingerprint density at radius 1 is 1.04 bits per heavy atom. The Hall–Kier alpha value is -4.99. The van der Waals surface area contributed by atoms with Crippen molar-refractivity contribution in [3.05, 3.63) is 76.6 Å². The van der Waals surface area contributed by atoms with E-state index in [-0.39, 0.29) is 32.5 Å². The number of carbonyl (C=O) groups is 5. The third-order valence-corrected chi connectivity index (χ3v) is 12.0. The summed E-state index contributed by atoms with van der Waals surface area (Å²) >= 11 is 0. The van der Waals surface area contributed by atoms with Crippen LogP contribution in [0.1, 0.15) is 74.9 Å². The second-order valence-electron chi connectivity index (χ2n) is 15.1. The molecule has 1 saturated heterocycles. The van der Waals surface area contributed by atoms with E-state index in [1.165, 1.54) is 23.0 Å². The summed E-state index contributed by atoms with van der Waals surface area (Å²) in [5.41, 5.74) is 0.0253. The van der Waals surface area contributed by atoms with Crippen LogP contribution in [0.5, 0.6) is 0 Å². The van der Waals surface area contributed by atoms with Crippen LogP contribution in [0.2, 0.25) is 0 Å². The number of benzene rings is 2. The quantitative estimate of drug-likeness (QED) is 0.241. The van der Waals surface area contributed by atoms with E-state index in [4.69, 9.17) is 9.47 Å². The van der Waals surface area contributed by atoms with Crippen LogP contribution in [0.4, 0.5) is 14.9 Å². The van der Waals surface area contributed by atoms with Gasteiger partial charge < -0.3 is 25.0 Å². The van der Waals surface area contributed by atoms with Gasteiger partial charge in [0, 0.05) is 30.6 Å².